The molecule has 1 saturated heterocycles. The number of fused-ring (bicyclic) bond motifs is 1. The molecule has 3 aromatic heterocycles. The fraction of sp³-hybridized carbons (Fsp3) is 0.396. The molecule has 6 aromatic rings. The number of esters is 1. The zero-order valence-corrected chi connectivity index (χ0v) is 42.8. The first-order valence-corrected chi connectivity index (χ1v) is 28.3. The van der Waals surface area contributed by atoms with Crippen LogP contribution in [0.15, 0.2) is 113 Å². The minimum Gasteiger partial charge on any atom is -0.506 e. The Morgan fingerprint density at radius 2 is 1.57 bits per heavy atom. The number of likely N-dealkylation sites (tertiary alicyclic amines) is 1. The molecule has 364 valence electrons. The van der Waals surface area contributed by atoms with Crippen molar-refractivity contribution in [2.75, 3.05) is 43.4 Å². The van der Waals surface area contributed by atoms with Crippen molar-refractivity contribution in [1.29, 1.82) is 0 Å². The number of rotatable bonds is 17. The van der Waals surface area contributed by atoms with E-state index in [1.165, 1.54) is 28.7 Å². The Bertz CT molecular complexity index is 2760. The van der Waals surface area contributed by atoms with Gasteiger partial charge in [0.15, 0.2) is 8.32 Å². The number of piperidine rings is 1. The van der Waals surface area contributed by atoms with E-state index in [2.05, 4.69) is 54.4 Å². The molecule has 3 aromatic carbocycles. The van der Waals surface area contributed by atoms with Gasteiger partial charge in [-0.3, -0.25) is 14.4 Å². The predicted molar refractivity (Wildman–Crippen MR) is 277 cm³/mol. The van der Waals surface area contributed by atoms with Gasteiger partial charge in [0.25, 0.3) is 5.91 Å². The number of carbonyl (C=O) groups is 3. The average molecular weight is 990 g/mol. The Kier molecular flexibility index (Phi) is 14.8. The summed E-state index contributed by atoms with van der Waals surface area (Å²) in [6, 6.07) is 28.5. The van der Waals surface area contributed by atoms with Crippen LogP contribution >= 0.6 is 22.7 Å². The van der Waals surface area contributed by atoms with E-state index in [4.69, 9.17) is 9.16 Å². The number of hydrogen-bond acceptors (Lipinski definition) is 12. The first kappa shape index (κ1) is 49.9. The summed E-state index contributed by atoms with van der Waals surface area (Å²) < 4.78 is 12.9. The molecule has 0 bridgehead atoms. The summed E-state index contributed by atoms with van der Waals surface area (Å²) in [6.45, 7) is 14.4. The van der Waals surface area contributed by atoms with Crippen LogP contribution in [0.4, 0.5) is 11.4 Å². The molecule has 0 unspecified atom stereocenters. The molecule has 1 aliphatic carbocycles. The van der Waals surface area contributed by atoms with E-state index in [1.807, 2.05) is 53.2 Å². The normalized spacial score (nSPS) is 16.0. The van der Waals surface area contributed by atoms with Crippen molar-refractivity contribution in [3.63, 3.8) is 0 Å². The van der Waals surface area contributed by atoms with E-state index >= 15 is 0 Å². The zero-order chi connectivity index (χ0) is 49.1. The molecule has 0 radical (unpaired) electrons. The molecule has 4 heterocycles. The fourth-order valence-corrected chi connectivity index (χ4v) is 12.1. The number of nitrogens with one attached hydrogen (secondary N) is 3. The highest BCUT2D eigenvalue weighted by atomic mass is 32.1. The third kappa shape index (κ3) is 11.1. The minimum atomic E-state index is -2.24. The molecule has 2 amide bonds. The fourth-order valence-electron chi connectivity index (χ4n) is 9.12. The molecule has 5 N–H and O–H groups in total. The van der Waals surface area contributed by atoms with Crippen LogP contribution in [0.3, 0.4) is 0 Å². The number of phenols is 1. The van der Waals surface area contributed by atoms with E-state index in [0.29, 0.717) is 58.3 Å². The molecule has 1 spiro atoms. The number of benzene rings is 3. The quantitative estimate of drug-likeness (QED) is 0.0438. The van der Waals surface area contributed by atoms with Crippen LogP contribution in [-0.4, -0.2) is 85.5 Å². The van der Waals surface area contributed by atoms with Crippen molar-refractivity contribution in [2.24, 2.45) is 5.41 Å². The topological polar surface area (TPSA) is 174 Å². The van der Waals surface area contributed by atoms with Crippen molar-refractivity contribution >= 4 is 71.1 Å². The highest BCUT2D eigenvalue weighted by Crippen LogP contribution is 2.51. The Labute approximate surface area is 412 Å². The summed E-state index contributed by atoms with van der Waals surface area (Å²) in [5.41, 5.74) is 2.15. The van der Waals surface area contributed by atoms with Gasteiger partial charge in [-0.1, -0.05) is 51.1 Å². The van der Waals surface area contributed by atoms with Gasteiger partial charge in [-0.25, -0.2) is 4.79 Å². The first-order valence-electron chi connectivity index (χ1n) is 23.6. The smallest absolute Gasteiger partial charge is 0.349 e. The SMILES string of the molecule is CN(C(=O)CCN1CCC2(CC1)CC(OC(=O)C(O)(c1cccs1)c1cccs1)C2)c1ccc(C(=O)Nc2ccc(CNC[C@H](O[Si](C)(C)C(C)(C)C)c3ccc(O)c4[nH]c(=O)ccc34)cc2)cc1. The van der Waals surface area contributed by atoms with Gasteiger partial charge in [-0.05, 0) is 145 Å². The number of pyridine rings is 1. The number of nitrogens with zero attached hydrogens (tertiary/aromatic N) is 2. The number of carbonyl (C=O) groups excluding carboxylic acids is 3. The third-order valence-electron chi connectivity index (χ3n) is 14.5. The van der Waals surface area contributed by atoms with Crippen LogP contribution in [0.1, 0.15) is 90.2 Å². The van der Waals surface area contributed by atoms with Crippen LogP contribution in [0.2, 0.25) is 18.1 Å². The van der Waals surface area contributed by atoms with Gasteiger partial charge in [0, 0.05) is 61.5 Å². The lowest BCUT2D eigenvalue weighted by molar-refractivity contribution is -0.181. The van der Waals surface area contributed by atoms with Gasteiger partial charge in [-0.15, -0.1) is 22.7 Å². The number of H-pyrrole nitrogens is 1. The number of aliphatic hydroxyl groups is 1. The Balaban J connectivity index is 0.773. The summed E-state index contributed by atoms with van der Waals surface area (Å²) in [5.74, 6) is -0.871. The molecule has 2 fully saturated rings. The second kappa shape index (κ2) is 20.5. The average Bonchev–Trinajstić information content (AvgIpc) is 4.08. The van der Waals surface area contributed by atoms with Crippen LogP contribution in [-0.2, 0) is 30.9 Å². The number of aromatic amines is 1. The van der Waals surface area contributed by atoms with Crippen molar-refractivity contribution < 1.29 is 33.8 Å². The lowest BCUT2D eigenvalue weighted by Crippen LogP contribution is -2.52. The molecule has 1 atom stereocenters. The van der Waals surface area contributed by atoms with Crippen molar-refractivity contribution in [1.82, 2.24) is 15.2 Å². The van der Waals surface area contributed by atoms with Crippen molar-refractivity contribution in [3.05, 3.63) is 145 Å². The van der Waals surface area contributed by atoms with E-state index in [9.17, 15) is 29.4 Å². The maximum Gasteiger partial charge on any atom is 0.349 e. The Hall–Kier alpha value is -5.46. The lowest BCUT2D eigenvalue weighted by atomic mass is 9.61. The Morgan fingerprint density at radius 1 is 0.913 bits per heavy atom. The summed E-state index contributed by atoms with van der Waals surface area (Å²) in [7, 11) is -0.478. The molecule has 8 rings (SSSR count). The molecule has 69 heavy (non-hydrogen) atoms. The van der Waals surface area contributed by atoms with E-state index < -0.39 is 19.9 Å². The number of anilines is 2. The summed E-state index contributed by atoms with van der Waals surface area (Å²) in [6.07, 6.45) is 3.30. The van der Waals surface area contributed by atoms with Crippen LogP contribution in [0.5, 0.6) is 5.75 Å². The van der Waals surface area contributed by atoms with Gasteiger partial charge in [0.2, 0.25) is 17.1 Å². The number of thiophene rings is 2. The second-order valence-corrected chi connectivity index (χ2v) is 26.8. The summed E-state index contributed by atoms with van der Waals surface area (Å²) in [4.78, 5) is 60.0. The van der Waals surface area contributed by atoms with Gasteiger partial charge in [0.05, 0.1) is 21.4 Å². The second-order valence-electron chi connectivity index (χ2n) is 20.1. The highest BCUT2D eigenvalue weighted by molar-refractivity contribution is 7.12. The molecule has 13 nitrogen and oxygen atoms in total. The predicted octanol–water partition coefficient (Wildman–Crippen LogP) is 9.54. The number of aromatic nitrogens is 1. The van der Waals surface area contributed by atoms with Gasteiger partial charge in [0.1, 0.15) is 11.9 Å². The zero-order valence-electron chi connectivity index (χ0n) is 40.2. The van der Waals surface area contributed by atoms with Crippen molar-refractivity contribution in [2.45, 2.75) is 95.4 Å². The van der Waals surface area contributed by atoms with E-state index in [0.717, 1.165) is 55.3 Å². The standard InChI is InChI=1S/C53H63N5O8S2Si/c1-51(2,3)69(5,6)66-43(40-19-21-42(59)48-41(40)20-22-46(60)56-48)34-54-33-35-11-15-37(16-12-35)55-49(62)36-13-17-38(18-14-36)57(4)47(61)23-26-58-27-24-52(25-28-58)31-39(32-52)65-50(63)53(64,44-9-7-29-67-44)45-10-8-30-68-45/h7-22,29-30,39,43,54,59,64H,23-28,31-34H2,1-6H3,(H,55,62)(H,56,60)/t43-/m0/s1. The maximum absolute atomic E-state index is 13.4. The third-order valence-corrected chi connectivity index (χ3v) is 20.9. The summed E-state index contributed by atoms with van der Waals surface area (Å²) >= 11 is 2.68. The number of phenolic OH excluding ortho intramolecular Hbond substituents is 1. The van der Waals surface area contributed by atoms with Crippen LogP contribution < -0.4 is 21.1 Å². The monoisotopic (exact) mass is 989 g/mol. The number of amides is 2. The minimum absolute atomic E-state index is 0.00767. The van der Waals surface area contributed by atoms with Crippen LogP contribution in [0, 0.1) is 5.41 Å². The van der Waals surface area contributed by atoms with E-state index in [-0.39, 0.29) is 45.8 Å². The molecule has 16 heteroatoms. The number of hydrogen-bond donors (Lipinski definition) is 5. The lowest BCUT2D eigenvalue weighted by Gasteiger charge is -2.51. The first-order chi connectivity index (χ1) is 32.8. The molecular weight excluding hydrogens is 927 g/mol. The largest absolute Gasteiger partial charge is 0.506 e. The van der Waals surface area contributed by atoms with Gasteiger partial charge >= 0.3 is 5.97 Å². The van der Waals surface area contributed by atoms with Crippen LogP contribution in [0.25, 0.3) is 10.9 Å². The molecule has 1 aliphatic heterocycles. The molecule has 1 saturated carbocycles. The number of aromatic hydroxyl groups is 1. The number of ether oxygens (including phenoxy) is 1. The highest BCUT2D eigenvalue weighted by Gasteiger charge is 2.51. The maximum atomic E-state index is 13.4. The summed E-state index contributed by atoms with van der Waals surface area (Å²) in [5, 5.41) is 33.1. The molecule has 2 aliphatic rings. The van der Waals surface area contributed by atoms with Gasteiger partial charge < -0.3 is 44.8 Å². The van der Waals surface area contributed by atoms with E-state index in [1.54, 1.807) is 60.5 Å². The molecular formula is C53H63N5O8S2Si. The van der Waals surface area contributed by atoms with Gasteiger partial charge in [-0.2, -0.15) is 0 Å². The van der Waals surface area contributed by atoms with Crippen molar-refractivity contribution in [3.8, 4) is 5.75 Å². The Morgan fingerprint density at radius 3 is 2.17 bits per heavy atom.